The molecule has 6 nitrogen and oxygen atoms in total. The van der Waals surface area contributed by atoms with Crippen molar-refractivity contribution in [1.82, 2.24) is 14.9 Å². The van der Waals surface area contributed by atoms with Crippen molar-refractivity contribution in [1.29, 1.82) is 0 Å². The predicted octanol–water partition coefficient (Wildman–Crippen LogP) is 1.59. The quantitative estimate of drug-likeness (QED) is 0.799. The molecule has 1 fully saturated rings. The van der Waals surface area contributed by atoms with Crippen LogP contribution in [0.15, 0.2) is 42.7 Å². The summed E-state index contributed by atoms with van der Waals surface area (Å²) in [6.07, 6.45) is 3.04. The Labute approximate surface area is 135 Å². The topological polar surface area (TPSA) is 58.6 Å². The van der Waals surface area contributed by atoms with Crippen LogP contribution in [-0.2, 0) is 11.3 Å². The van der Waals surface area contributed by atoms with Crippen molar-refractivity contribution in [2.75, 3.05) is 38.2 Å². The Hall–Kier alpha value is -2.47. The molecule has 6 heteroatoms. The van der Waals surface area contributed by atoms with Crippen LogP contribution in [-0.4, -0.2) is 54.1 Å². The van der Waals surface area contributed by atoms with Gasteiger partial charge in [0.15, 0.2) is 0 Å². The normalized spacial score (nSPS) is 15.4. The van der Waals surface area contributed by atoms with Gasteiger partial charge in [0.1, 0.15) is 0 Å². The molecule has 0 aliphatic carbocycles. The van der Waals surface area contributed by atoms with E-state index < -0.39 is 5.97 Å². The molecule has 1 aliphatic heterocycles. The molecule has 3 rings (SSSR count). The van der Waals surface area contributed by atoms with Crippen molar-refractivity contribution in [3.05, 3.63) is 53.9 Å². The number of ether oxygens (including phenoxy) is 1. The minimum atomic E-state index is -0.413. The van der Waals surface area contributed by atoms with Gasteiger partial charge in [0.25, 0.3) is 0 Å². The maximum atomic E-state index is 11.4. The van der Waals surface area contributed by atoms with Crippen LogP contribution in [0.2, 0.25) is 0 Å². The summed E-state index contributed by atoms with van der Waals surface area (Å²) in [5.74, 6) is 0.251. The van der Waals surface area contributed by atoms with E-state index in [-0.39, 0.29) is 0 Å². The van der Waals surface area contributed by atoms with E-state index in [2.05, 4.69) is 48.8 Å². The maximum Gasteiger partial charge on any atom is 0.341 e. The Bertz CT molecular complexity index is 637. The van der Waals surface area contributed by atoms with Crippen molar-refractivity contribution in [2.24, 2.45) is 0 Å². The highest BCUT2D eigenvalue weighted by Crippen LogP contribution is 2.13. The summed E-state index contributed by atoms with van der Waals surface area (Å²) in [7, 11) is 1.35. The summed E-state index contributed by atoms with van der Waals surface area (Å²) in [6.45, 7) is 4.67. The molecular weight excluding hydrogens is 292 g/mol. The Kier molecular flexibility index (Phi) is 4.83. The third kappa shape index (κ3) is 3.84. The van der Waals surface area contributed by atoms with Crippen LogP contribution in [0.25, 0.3) is 0 Å². The molecule has 1 aliphatic rings. The summed E-state index contributed by atoms with van der Waals surface area (Å²) in [5.41, 5.74) is 1.71. The van der Waals surface area contributed by atoms with Crippen LogP contribution < -0.4 is 4.90 Å². The predicted molar refractivity (Wildman–Crippen MR) is 87.3 cm³/mol. The van der Waals surface area contributed by atoms with Gasteiger partial charge in [0.05, 0.1) is 12.7 Å². The third-order valence-electron chi connectivity index (χ3n) is 3.96. The van der Waals surface area contributed by atoms with Crippen molar-refractivity contribution < 1.29 is 9.53 Å². The Morgan fingerprint density at radius 3 is 2.35 bits per heavy atom. The van der Waals surface area contributed by atoms with Gasteiger partial charge in [0, 0.05) is 45.1 Å². The fourth-order valence-corrected chi connectivity index (χ4v) is 2.66. The van der Waals surface area contributed by atoms with E-state index in [1.807, 2.05) is 6.07 Å². The highest BCUT2D eigenvalue weighted by molar-refractivity contribution is 5.88. The zero-order chi connectivity index (χ0) is 16.1. The lowest BCUT2D eigenvalue weighted by Gasteiger charge is -2.34. The average molecular weight is 312 g/mol. The monoisotopic (exact) mass is 312 g/mol. The minimum absolute atomic E-state index is 0.374. The van der Waals surface area contributed by atoms with Gasteiger partial charge >= 0.3 is 5.97 Å². The van der Waals surface area contributed by atoms with Gasteiger partial charge in [-0.2, -0.15) is 0 Å². The Morgan fingerprint density at radius 2 is 1.74 bits per heavy atom. The molecule has 23 heavy (non-hydrogen) atoms. The van der Waals surface area contributed by atoms with Crippen LogP contribution >= 0.6 is 0 Å². The zero-order valence-corrected chi connectivity index (χ0v) is 13.2. The molecule has 1 saturated heterocycles. The highest BCUT2D eigenvalue weighted by atomic mass is 16.5. The number of benzene rings is 1. The van der Waals surface area contributed by atoms with Gasteiger partial charge in [-0.25, -0.2) is 14.8 Å². The first-order valence-corrected chi connectivity index (χ1v) is 7.68. The molecule has 0 N–H and O–H groups in total. The molecule has 0 unspecified atom stereocenters. The lowest BCUT2D eigenvalue weighted by Crippen LogP contribution is -2.46. The summed E-state index contributed by atoms with van der Waals surface area (Å²) >= 11 is 0. The lowest BCUT2D eigenvalue weighted by atomic mass is 10.2. The van der Waals surface area contributed by atoms with E-state index in [9.17, 15) is 4.79 Å². The van der Waals surface area contributed by atoms with Gasteiger partial charge < -0.3 is 9.64 Å². The number of methoxy groups -OCH3 is 1. The summed E-state index contributed by atoms with van der Waals surface area (Å²) in [5, 5.41) is 0. The Morgan fingerprint density at radius 1 is 1.09 bits per heavy atom. The molecular formula is C17H20N4O2. The molecule has 0 saturated carbocycles. The van der Waals surface area contributed by atoms with Gasteiger partial charge in [-0.05, 0) is 5.56 Å². The van der Waals surface area contributed by atoms with Gasteiger partial charge in [-0.3, -0.25) is 4.90 Å². The number of piperazine rings is 1. The van der Waals surface area contributed by atoms with Gasteiger partial charge in [0.2, 0.25) is 5.95 Å². The van der Waals surface area contributed by atoms with Crippen LogP contribution in [0.4, 0.5) is 5.95 Å². The van der Waals surface area contributed by atoms with E-state index in [0.717, 1.165) is 32.7 Å². The van der Waals surface area contributed by atoms with E-state index in [1.165, 1.54) is 25.1 Å². The first-order chi connectivity index (χ1) is 11.3. The molecule has 2 aromatic rings. The van der Waals surface area contributed by atoms with E-state index in [0.29, 0.717) is 11.5 Å². The number of carbonyl (C=O) groups is 1. The standard InChI is InChI=1S/C17H20N4O2/c1-23-16(22)15-11-18-17(19-12-15)21-9-7-20(8-10-21)13-14-5-3-2-4-6-14/h2-6,11-12H,7-10,13H2,1H3. The molecule has 0 amide bonds. The van der Waals surface area contributed by atoms with E-state index in [4.69, 9.17) is 0 Å². The zero-order valence-electron chi connectivity index (χ0n) is 13.2. The number of hydrogen-bond acceptors (Lipinski definition) is 6. The van der Waals surface area contributed by atoms with E-state index in [1.54, 1.807) is 0 Å². The van der Waals surface area contributed by atoms with Crippen molar-refractivity contribution >= 4 is 11.9 Å². The second-order valence-corrected chi connectivity index (χ2v) is 5.51. The number of aromatic nitrogens is 2. The molecule has 120 valence electrons. The number of hydrogen-bond donors (Lipinski definition) is 0. The average Bonchev–Trinajstić information content (AvgIpc) is 2.63. The summed E-state index contributed by atoms with van der Waals surface area (Å²) < 4.78 is 4.65. The minimum Gasteiger partial charge on any atom is -0.465 e. The van der Waals surface area contributed by atoms with Crippen LogP contribution in [0.3, 0.4) is 0 Å². The molecule has 0 bridgehead atoms. The molecule has 0 atom stereocenters. The summed E-state index contributed by atoms with van der Waals surface area (Å²) in [6, 6.07) is 10.5. The molecule has 1 aromatic heterocycles. The van der Waals surface area contributed by atoms with Crippen LogP contribution in [0.1, 0.15) is 15.9 Å². The van der Waals surface area contributed by atoms with Gasteiger partial charge in [-0.1, -0.05) is 30.3 Å². The number of carbonyl (C=O) groups excluding carboxylic acids is 1. The maximum absolute atomic E-state index is 11.4. The molecule has 0 radical (unpaired) electrons. The van der Waals surface area contributed by atoms with Crippen molar-refractivity contribution in [3.63, 3.8) is 0 Å². The van der Waals surface area contributed by atoms with Crippen molar-refractivity contribution in [3.8, 4) is 0 Å². The SMILES string of the molecule is COC(=O)c1cnc(N2CCN(Cc3ccccc3)CC2)nc1. The highest BCUT2D eigenvalue weighted by Gasteiger charge is 2.19. The molecule has 0 spiro atoms. The summed E-state index contributed by atoms with van der Waals surface area (Å²) in [4.78, 5) is 24.5. The number of rotatable bonds is 4. The second-order valence-electron chi connectivity index (χ2n) is 5.51. The molecule has 2 heterocycles. The number of anilines is 1. The van der Waals surface area contributed by atoms with E-state index >= 15 is 0 Å². The fraction of sp³-hybridized carbons (Fsp3) is 0.353. The third-order valence-corrected chi connectivity index (χ3v) is 3.96. The molecule has 1 aromatic carbocycles. The Balaban J connectivity index is 1.55. The van der Waals surface area contributed by atoms with Crippen molar-refractivity contribution in [2.45, 2.75) is 6.54 Å². The fourth-order valence-electron chi connectivity index (χ4n) is 2.66. The van der Waals surface area contributed by atoms with Crippen LogP contribution in [0.5, 0.6) is 0 Å². The number of esters is 1. The van der Waals surface area contributed by atoms with Crippen LogP contribution in [0, 0.1) is 0 Å². The first kappa shape index (κ1) is 15.4. The first-order valence-electron chi connectivity index (χ1n) is 7.68. The van der Waals surface area contributed by atoms with Gasteiger partial charge in [-0.15, -0.1) is 0 Å². The number of nitrogens with zero attached hydrogens (tertiary/aromatic N) is 4. The smallest absolute Gasteiger partial charge is 0.341 e. The largest absolute Gasteiger partial charge is 0.465 e. The lowest BCUT2D eigenvalue weighted by molar-refractivity contribution is 0.0600. The second kappa shape index (κ2) is 7.19.